The first kappa shape index (κ1) is 22.0. The van der Waals surface area contributed by atoms with Gasteiger partial charge in [-0.1, -0.05) is 36.8 Å². The summed E-state index contributed by atoms with van der Waals surface area (Å²) < 4.78 is 0. The monoisotopic (exact) mass is 430 g/mol. The average Bonchev–Trinajstić information content (AvgIpc) is 2.80. The fourth-order valence-corrected chi connectivity index (χ4v) is 4.08. The van der Waals surface area contributed by atoms with Crippen molar-refractivity contribution in [2.75, 3.05) is 23.3 Å². The molecule has 1 aromatic heterocycles. The molecule has 2 aromatic carbocycles. The molecule has 3 aromatic rings. The third-order valence-corrected chi connectivity index (χ3v) is 5.97. The molecular formula is C26H30N4O2. The summed E-state index contributed by atoms with van der Waals surface area (Å²) in [5.74, 6) is 0.989. The quantitative estimate of drug-likeness (QED) is 0.608. The highest BCUT2D eigenvalue weighted by Crippen LogP contribution is 2.24. The molecule has 0 radical (unpaired) electrons. The van der Waals surface area contributed by atoms with Crippen LogP contribution in [0.25, 0.3) is 0 Å². The molecule has 4 rings (SSSR count). The van der Waals surface area contributed by atoms with Gasteiger partial charge in [0.1, 0.15) is 5.82 Å². The Morgan fingerprint density at radius 3 is 2.72 bits per heavy atom. The van der Waals surface area contributed by atoms with Gasteiger partial charge in [-0.05, 0) is 61.9 Å². The molecule has 1 fully saturated rings. The molecule has 1 amide bonds. The minimum atomic E-state index is -0.207. The van der Waals surface area contributed by atoms with E-state index in [1.807, 2.05) is 55.6 Å². The Morgan fingerprint density at radius 2 is 1.94 bits per heavy atom. The molecule has 2 heterocycles. The SMILES string of the molecule is Cc1cccc(C(=O)Nc2cccc([C@H](C)Cc3cncc(N4CCC(O)CC4)n3)c2)c1. The van der Waals surface area contributed by atoms with Gasteiger partial charge in [0, 0.05) is 30.5 Å². The number of aromatic nitrogens is 2. The number of aliphatic hydroxyl groups excluding tert-OH is 1. The molecule has 0 bridgehead atoms. The Hall–Kier alpha value is -3.25. The van der Waals surface area contributed by atoms with E-state index < -0.39 is 0 Å². The van der Waals surface area contributed by atoms with Gasteiger partial charge < -0.3 is 15.3 Å². The van der Waals surface area contributed by atoms with Crippen LogP contribution in [-0.2, 0) is 6.42 Å². The van der Waals surface area contributed by atoms with Crippen LogP contribution in [0.3, 0.4) is 0 Å². The Balaban J connectivity index is 1.42. The average molecular weight is 431 g/mol. The number of carbonyl (C=O) groups is 1. The molecule has 1 aliphatic heterocycles. The number of hydrogen-bond acceptors (Lipinski definition) is 5. The smallest absolute Gasteiger partial charge is 0.255 e. The lowest BCUT2D eigenvalue weighted by atomic mass is 9.96. The molecule has 1 atom stereocenters. The lowest BCUT2D eigenvalue weighted by molar-refractivity contribution is 0.102. The number of hydrogen-bond donors (Lipinski definition) is 2. The zero-order chi connectivity index (χ0) is 22.5. The van der Waals surface area contributed by atoms with Crippen molar-refractivity contribution in [3.63, 3.8) is 0 Å². The third kappa shape index (κ3) is 5.51. The van der Waals surface area contributed by atoms with E-state index in [1.54, 1.807) is 6.20 Å². The Morgan fingerprint density at radius 1 is 1.16 bits per heavy atom. The van der Waals surface area contributed by atoms with Gasteiger partial charge >= 0.3 is 0 Å². The maximum Gasteiger partial charge on any atom is 0.255 e. The number of benzene rings is 2. The number of amides is 1. The molecule has 0 unspecified atom stereocenters. The van der Waals surface area contributed by atoms with Crippen molar-refractivity contribution in [1.29, 1.82) is 0 Å². The van der Waals surface area contributed by atoms with E-state index in [1.165, 1.54) is 0 Å². The molecule has 0 saturated carbocycles. The highest BCUT2D eigenvalue weighted by molar-refractivity contribution is 6.04. The Labute approximate surface area is 189 Å². The van der Waals surface area contributed by atoms with Crippen LogP contribution < -0.4 is 10.2 Å². The third-order valence-electron chi connectivity index (χ3n) is 5.97. The summed E-state index contributed by atoms with van der Waals surface area (Å²) in [5, 5.41) is 12.7. The van der Waals surface area contributed by atoms with E-state index in [9.17, 15) is 9.90 Å². The predicted molar refractivity (Wildman–Crippen MR) is 127 cm³/mol. The van der Waals surface area contributed by atoms with Gasteiger partial charge in [-0.15, -0.1) is 0 Å². The highest BCUT2D eigenvalue weighted by atomic mass is 16.3. The van der Waals surface area contributed by atoms with Crippen molar-refractivity contribution < 1.29 is 9.90 Å². The Kier molecular flexibility index (Phi) is 6.81. The number of aryl methyl sites for hydroxylation is 1. The van der Waals surface area contributed by atoms with Gasteiger partial charge in [-0.25, -0.2) is 4.98 Å². The van der Waals surface area contributed by atoms with E-state index in [0.717, 1.165) is 60.7 Å². The van der Waals surface area contributed by atoms with Gasteiger partial charge in [-0.2, -0.15) is 0 Å². The molecule has 0 aliphatic carbocycles. The summed E-state index contributed by atoms with van der Waals surface area (Å²) in [4.78, 5) is 24.0. The van der Waals surface area contributed by atoms with Crippen LogP contribution in [0.1, 0.15) is 52.9 Å². The topological polar surface area (TPSA) is 78.4 Å². The summed E-state index contributed by atoms with van der Waals surface area (Å²) in [6.07, 6.45) is 5.70. The minimum Gasteiger partial charge on any atom is -0.393 e. The van der Waals surface area contributed by atoms with Crippen molar-refractivity contribution >= 4 is 17.4 Å². The normalized spacial score (nSPS) is 15.4. The minimum absolute atomic E-state index is 0.108. The van der Waals surface area contributed by atoms with Crippen molar-refractivity contribution in [3.8, 4) is 0 Å². The summed E-state index contributed by atoms with van der Waals surface area (Å²) >= 11 is 0. The molecule has 2 N–H and O–H groups in total. The van der Waals surface area contributed by atoms with Crippen molar-refractivity contribution in [1.82, 2.24) is 9.97 Å². The second-order valence-electron chi connectivity index (χ2n) is 8.64. The summed E-state index contributed by atoms with van der Waals surface area (Å²) in [7, 11) is 0. The fraction of sp³-hybridized carbons (Fsp3) is 0.346. The van der Waals surface area contributed by atoms with E-state index in [4.69, 9.17) is 4.98 Å². The Bertz CT molecular complexity index is 1080. The maximum absolute atomic E-state index is 12.6. The molecule has 0 spiro atoms. The molecule has 6 heteroatoms. The number of piperidine rings is 1. The standard InChI is InChI=1S/C26H30N4O2/c1-18-5-3-7-21(13-18)26(32)29-22-8-4-6-20(15-22)19(2)14-23-16-27-17-25(28-23)30-11-9-24(31)10-12-30/h3-8,13,15-17,19,24,31H,9-12,14H2,1-2H3,(H,29,32)/t19-/m1/s1. The first-order valence-corrected chi connectivity index (χ1v) is 11.2. The van der Waals surface area contributed by atoms with Crippen molar-refractivity contribution in [2.45, 2.75) is 45.1 Å². The van der Waals surface area contributed by atoms with Crippen LogP contribution in [0.5, 0.6) is 0 Å². The fourth-order valence-electron chi connectivity index (χ4n) is 4.08. The summed E-state index contributed by atoms with van der Waals surface area (Å²) in [6, 6.07) is 15.6. The van der Waals surface area contributed by atoms with Gasteiger partial charge in [0.25, 0.3) is 5.91 Å². The van der Waals surface area contributed by atoms with Crippen LogP contribution in [0.4, 0.5) is 11.5 Å². The number of carbonyl (C=O) groups excluding carboxylic acids is 1. The van der Waals surface area contributed by atoms with Crippen molar-refractivity contribution in [3.05, 3.63) is 83.3 Å². The van der Waals surface area contributed by atoms with Gasteiger partial charge in [0.05, 0.1) is 18.0 Å². The molecule has 32 heavy (non-hydrogen) atoms. The van der Waals surface area contributed by atoms with Gasteiger partial charge in [0.15, 0.2) is 0 Å². The highest BCUT2D eigenvalue weighted by Gasteiger charge is 2.19. The molecule has 166 valence electrons. The zero-order valence-corrected chi connectivity index (χ0v) is 18.7. The number of nitrogens with zero attached hydrogens (tertiary/aromatic N) is 3. The number of nitrogens with one attached hydrogen (secondary N) is 1. The van der Waals surface area contributed by atoms with Crippen LogP contribution in [0.2, 0.25) is 0 Å². The van der Waals surface area contributed by atoms with Gasteiger partial charge in [0.2, 0.25) is 0 Å². The maximum atomic E-state index is 12.6. The predicted octanol–water partition coefficient (Wildman–Crippen LogP) is 4.34. The van der Waals surface area contributed by atoms with Crippen molar-refractivity contribution in [2.24, 2.45) is 0 Å². The number of aliphatic hydroxyl groups is 1. The van der Waals surface area contributed by atoms with Crippen LogP contribution in [0.15, 0.2) is 60.9 Å². The summed E-state index contributed by atoms with van der Waals surface area (Å²) in [5.41, 5.74) is 4.58. The molecule has 1 aliphatic rings. The number of anilines is 2. The largest absolute Gasteiger partial charge is 0.393 e. The lowest BCUT2D eigenvalue weighted by Crippen LogP contribution is -2.36. The second-order valence-corrected chi connectivity index (χ2v) is 8.64. The van der Waals surface area contributed by atoms with E-state index in [0.29, 0.717) is 5.56 Å². The van der Waals surface area contributed by atoms with Crippen LogP contribution in [0, 0.1) is 6.92 Å². The molecule has 1 saturated heterocycles. The van der Waals surface area contributed by atoms with Gasteiger partial charge in [-0.3, -0.25) is 9.78 Å². The molecular weight excluding hydrogens is 400 g/mol. The van der Waals surface area contributed by atoms with E-state index >= 15 is 0 Å². The van der Waals surface area contributed by atoms with E-state index in [-0.39, 0.29) is 17.9 Å². The number of rotatable bonds is 6. The lowest BCUT2D eigenvalue weighted by Gasteiger charge is -2.30. The van der Waals surface area contributed by atoms with Crippen LogP contribution in [-0.4, -0.2) is 40.2 Å². The zero-order valence-electron chi connectivity index (χ0n) is 18.7. The summed E-state index contributed by atoms with van der Waals surface area (Å²) in [6.45, 7) is 5.74. The van der Waals surface area contributed by atoms with E-state index in [2.05, 4.69) is 28.2 Å². The van der Waals surface area contributed by atoms with Crippen LogP contribution >= 0.6 is 0 Å². The molecule has 6 nitrogen and oxygen atoms in total. The first-order valence-electron chi connectivity index (χ1n) is 11.2. The first-order chi connectivity index (χ1) is 15.5. The second kappa shape index (κ2) is 9.92.